The molecule has 1 aromatic carbocycles. The molecule has 0 saturated carbocycles. The number of hydrogen-bond acceptors (Lipinski definition) is 11. The Balaban J connectivity index is 0.00000408. The van der Waals surface area contributed by atoms with E-state index in [4.69, 9.17) is 10.8 Å². The quantitative estimate of drug-likeness (QED) is 0.196. The number of anilines is 4. The average molecular weight is 595 g/mol. The van der Waals surface area contributed by atoms with E-state index in [2.05, 4.69) is 25.9 Å². The third kappa shape index (κ3) is 6.90. The predicted molar refractivity (Wildman–Crippen MR) is 120 cm³/mol. The number of aromatic nitrogens is 2. The molecule has 1 amide bonds. The molecule has 1 aliphatic heterocycles. The van der Waals surface area contributed by atoms with Gasteiger partial charge in [0.15, 0.2) is 5.82 Å². The van der Waals surface area contributed by atoms with Crippen LogP contribution in [0.15, 0.2) is 24.3 Å². The summed E-state index contributed by atoms with van der Waals surface area (Å²) in [6.45, 7) is 0.970. The Bertz CT molecular complexity index is 1050. The van der Waals surface area contributed by atoms with Gasteiger partial charge >= 0.3 is 54.9 Å². The molecule has 176 valence electrons. The normalized spacial score (nSPS) is 15.2. The van der Waals surface area contributed by atoms with E-state index in [9.17, 15) is 24.6 Å². The molecule has 0 spiro atoms. The Morgan fingerprint density at radius 3 is 2.59 bits per heavy atom. The third-order valence-corrected chi connectivity index (χ3v) is 5.20. The Morgan fingerprint density at radius 1 is 1.29 bits per heavy atom. The van der Waals surface area contributed by atoms with Gasteiger partial charge in [0.2, 0.25) is 5.95 Å². The van der Waals surface area contributed by atoms with Gasteiger partial charge in [-0.1, -0.05) is 0 Å². The maximum Gasteiger partial charge on any atom is 2.00 e. The second kappa shape index (κ2) is 12.1. The number of carboxylic acid groups (broad SMARTS) is 2. The molecular formula is C20H23BaN7O6. The fourth-order valence-electron chi connectivity index (χ4n) is 3.37. The summed E-state index contributed by atoms with van der Waals surface area (Å²) in [6, 6.07) is 4.90. The van der Waals surface area contributed by atoms with Gasteiger partial charge < -0.3 is 46.7 Å². The van der Waals surface area contributed by atoms with Gasteiger partial charge in [-0.25, -0.2) is 9.78 Å². The standard InChI is InChI=1S/C20H25N7O6.Ba/c1-27-12(9-23-16-15(27)18(31)26-20(21)25-16)8-22-11-4-2-10(3-5-11)17(30)24-13(19(32)33)6-7-14(28)29;/h2-5,12-13,22H,6-9H2,1H3,(H,24,30)(H,28,29)(H,32,33)(H4,21,23,25,26,31);/q;+2/p-2. The number of fused-ring (bicyclic) bond motifs is 1. The molecule has 0 fully saturated rings. The summed E-state index contributed by atoms with van der Waals surface area (Å²) in [7, 11) is 1.76. The zero-order chi connectivity index (χ0) is 24.1. The molecule has 2 aromatic rings. The van der Waals surface area contributed by atoms with E-state index in [1.54, 1.807) is 24.1 Å². The number of nitrogen functional groups attached to an aromatic ring is 1. The summed E-state index contributed by atoms with van der Waals surface area (Å²) in [5.41, 5.74) is 6.78. The molecule has 0 aliphatic carbocycles. The summed E-state index contributed by atoms with van der Waals surface area (Å²) in [4.78, 5) is 43.6. The van der Waals surface area contributed by atoms with E-state index in [-0.39, 0.29) is 72.9 Å². The maximum atomic E-state index is 12.3. The SMILES string of the molecule is CN1c2c([O-])nc(N)nc2NCC1CNc1ccc(C(=O)NC(CCC(=O)[O-])C(=O)O)cc1.[Ba+2]. The van der Waals surface area contributed by atoms with Crippen LogP contribution in [0.3, 0.4) is 0 Å². The minimum Gasteiger partial charge on any atom is -0.857 e. The van der Waals surface area contributed by atoms with Crippen LogP contribution in [0.1, 0.15) is 23.2 Å². The number of nitrogens with zero attached hydrogens (tertiary/aromatic N) is 3. The van der Waals surface area contributed by atoms with Crippen molar-refractivity contribution in [1.29, 1.82) is 0 Å². The number of hydrogen-bond donors (Lipinski definition) is 5. The van der Waals surface area contributed by atoms with E-state index in [0.717, 1.165) is 0 Å². The van der Waals surface area contributed by atoms with Crippen LogP contribution in [0.5, 0.6) is 5.88 Å². The van der Waals surface area contributed by atoms with Gasteiger partial charge in [0, 0.05) is 43.2 Å². The summed E-state index contributed by atoms with van der Waals surface area (Å²) in [6.07, 6.45) is -0.764. The van der Waals surface area contributed by atoms with Gasteiger partial charge in [-0.3, -0.25) is 4.79 Å². The smallest absolute Gasteiger partial charge is 0.857 e. The molecule has 2 heterocycles. The number of benzene rings is 1. The first-order valence-electron chi connectivity index (χ1n) is 10.0. The van der Waals surface area contributed by atoms with Crippen molar-refractivity contribution in [2.24, 2.45) is 0 Å². The van der Waals surface area contributed by atoms with Crippen molar-refractivity contribution in [2.75, 3.05) is 41.4 Å². The van der Waals surface area contributed by atoms with Gasteiger partial charge in [-0.2, -0.15) is 4.98 Å². The number of carbonyl (C=O) groups excluding carboxylic acids is 2. The number of carboxylic acids is 2. The van der Waals surface area contributed by atoms with Crippen LogP contribution < -0.4 is 36.8 Å². The molecule has 0 bridgehead atoms. The molecule has 2 atom stereocenters. The number of carbonyl (C=O) groups is 3. The Kier molecular flexibility index (Phi) is 9.81. The molecule has 34 heavy (non-hydrogen) atoms. The van der Waals surface area contributed by atoms with Gasteiger partial charge in [0.05, 0.1) is 11.7 Å². The van der Waals surface area contributed by atoms with Crippen molar-refractivity contribution >= 4 is 89.9 Å². The minimum absolute atomic E-state index is 0. The molecule has 13 nitrogen and oxygen atoms in total. The first kappa shape index (κ1) is 27.5. The fourth-order valence-corrected chi connectivity index (χ4v) is 3.37. The monoisotopic (exact) mass is 595 g/mol. The zero-order valence-corrected chi connectivity index (χ0v) is 22.8. The first-order valence-corrected chi connectivity index (χ1v) is 10.0. The molecule has 1 aliphatic rings. The van der Waals surface area contributed by atoms with E-state index >= 15 is 0 Å². The molecule has 3 rings (SSSR count). The number of rotatable bonds is 9. The molecule has 6 N–H and O–H groups in total. The van der Waals surface area contributed by atoms with Crippen LogP contribution in [0.4, 0.5) is 23.1 Å². The Hall–Kier alpha value is -2.72. The van der Waals surface area contributed by atoms with Crippen molar-refractivity contribution in [3.05, 3.63) is 29.8 Å². The summed E-state index contributed by atoms with van der Waals surface area (Å²) in [5, 5.41) is 40.5. The summed E-state index contributed by atoms with van der Waals surface area (Å²) >= 11 is 0. The second-order valence-electron chi connectivity index (χ2n) is 7.46. The number of nitrogens with two attached hydrogens (primary N) is 1. The van der Waals surface area contributed by atoms with Crippen LogP contribution in [0.25, 0.3) is 0 Å². The van der Waals surface area contributed by atoms with Gasteiger partial charge in [0.25, 0.3) is 5.91 Å². The van der Waals surface area contributed by atoms with E-state index in [0.29, 0.717) is 30.3 Å². The van der Waals surface area contributed by atoms with Crippen LogP contribution in [-0.4, -0.2) is 114 Å². The Labute approximate surface area is 235 Å². The molecule has 2 unspecified atom stereocenters. The molecule has 0 saturated heterocycles. The van der Waals surface area contributed by atoms with E-state index < -0.39 is 36.2 Å². The van der Waals surface area contributed by atoms with Crippen LogP contribution in [-0.2, 0) is 9.59 Å². The Morgan fingerprint density at radius 2 is 1.97 bits per heavy atom. The summed E-state index contributed by atoms with van der Waals surface area (Å²) in [5.74, 6) is -3.52. The largest absolute Gasteiger partial charge is 2.00 e. The number of nitrogens with one attached hydrogen (secondary N) is 3. The molecule has 14 heteroatoms. The van der Waals surface area contributed by atoms with Gasteiger partial charge in [-0.05, 0) is 37.1 Å². The van der Waals surface area contributed by atoms with Crippen molar-refractivity contribution in [2.45, 2.75) is 24.9 Å². The third-order valence-electron chi connectivity index (χ3n) is 5.20. The van der Waals surface area contributed by atoms with E-state index in [1.807, 2.05) is 0 Å². The number of amides is 1. The van der Waals surface area contributed by atoms with Crippen LogP contribution in [0, 0.1) is 0 Å². The zero-order valence-electron chi connectivity index (χ0n) is 18.4. The average Bonchev–Trinajstić information content (AvgIpc) is 2.75. The summed E-state index contributed by atoms with van der Waals surface area (Å²) < 4.78 is 0. The predicted octanol–water partition coefficient (Wildman–Crippen LogP) is -2.19. The molecular weight excluding hydrogens is 572 g/mol. The van der Waals surface area contributed by atoms with Gasteiger partial charge in [0.1, 0.15) is 6.04 Å². The number of likely N-dealkylation sites (N-methyl/N-ethyl adjacent to an activating group) is 1. The van der Waals surface area contributed by atoms with E-state index in [1.165, 1.54) is 12.1 Å². The van der Waals surface area contributed by atoms with Crippen LogP contribution in [0.2, 0.25) is 0 Å². The van der Waals surface area contributed by atoms with Crippen molar-refractivity contribution in [1.82, 2.24) is 15.3 Å². The maximum absolute atomic E-state index is 12.3. The minimum atomic E-state index is -1.39. The molecule has 1 aromatic heterocycles. The number of aliphatic carboxylic acids is 2. The topological polar surface area (TPSA) is 209 Å². The first-order chi connectivity index (χ1) is 15.7. The van der Waals surface area contributed by atoms with Crippen molar-refractivity contribution in [3.8, 4) is 5.88 Å². The van der Waals surface area contributed by atoms with Crippen molar-refractivity contribution in [3.63, 3.8) is 0 Å². The van der Waals surface area contributed by atoms with Gasteiger partial charge in [-0.15, -0.1) is 0 Å². The second-order valence-corrected chi connectivity index (χ2v) is 7.46. The molecule has 0 radical (unpaired) electrons. The fraction of sp³-hybridized carbons (Fsp3) is 0.350. The van der Waals surface area contributed by atoms with Crippen LogP contribution >= 0.6 is 0 Å². The van der Waals surface area contributed by atoms with Crippen molar-refractivity contribution < 1.29 is 29.7 Å².